The van der Waals surface area contributed by atoms with Crippen LogP contribution in [-0.2, 0) is 4.79 Å². The highest BCUT2D eigenvalue weighted by Gasteiger charge is 2.38. The Labute approximate surface area is 110 Å². The van der Waals surface area contributed by atoms with E-state index in [0.717, 1.165) is 0 Å². The van der Waals surface area contributed by atoms with Crippen molar-refractivity contribution in [2.75, 3.05) is 6.54 Å². The van der Waals surface area contributed by atoms with Crippen LogP contribution < -0.4 is 5.73 Å². The van der Waals surface area contributed by atoms with E-state index in [9.17, 15) is 14.7 Å². The largest absolute Gasteiger partial charge is 0.391 e. The third kappa shape index (κ3) is 2.36. The van der Waals surface area contributed by atoms with Crippen molar-refractivity contribution in [3.63, 3.8) is 0 Å². The summed E-state index contributed by atoms with van der Waals surface area (Å²) < 4.78 is 0.692. The first-order valence-electron chi connectivity index (χ1n) is 5.02. The lowest BCUT2D eigenvalue weighted by atomic mass is 10.2. The smallest absolute Gasteiger partial charge is 0.265 e. The minimum atomic E-state index is -0.716. The van der Waals surface area contributed by atoms with Gasteiger partial charge in [-0.1, -0.05) is 0 Å². The van der Waals surface area contributed by atoms with Gasteiger partial charge in [0.2, 0.25) is 5.91 Å². The SMILES string of the molecule is NC(=O)C1CC(O)CN1C(=O)c1sccc1Br. The van der Waals surface area contributed by atoms with Gasteiger partial charge in [-0.2, -0.15) is 0 Å². The first kappa shape index (κ1) is 12.5. The average molecular weight is 319 g/mol. The summed E-state index contributed by atoms with van der Waals surface area (Å²) in [6.07, 6.45) is -0.473. The number of aliphatic hydroxyl groups is 1. The molecule has 1 aromatic heterocycles. The number of nitrogens with two attached hydrogens (primary N) is 1. The summed E-state index contributed by atoms with van der Waals surface area (Å²) in [6.45, 7) is 0.150. The maximum Gasteiger partial charge on any atom is 0.265 e. The number of nitrogens with zero attached hydrogens (tertiary/aromatic N) is 1. The highest BCUT2D eigenvalue weighted by atomic mass is 79.9. The van der Waals surface area contributed by atoms with E-state index in [0.29, 0.717) is 9.35 Å². The van der Waals surface area contributed by atoms with Crippen molar-refractivity contribution in [3.8, 4) is 0 Å². The number of carbonyl (C=O) groups is 2. The molecule has 5 nitrogen and oxygen atoms in total. The Morgan fingerprint density at radius 2 is 2.29 bits per heavy atom. The van der Waals surface area contributed by atoms with Gasteiger partial charge in [0, 0.05) is 17.4 Å². The molecule has 2 amide bonds. The summed E-state index contributed by atoms with van der Waals surface area (Å²) in [5, 5.41) is 11.3. The quantitative estimate of drug-likeness (QED) is 0.836. The van der Waals surface area contributed by atoms with Crippen LogP contribution in [0.3, 0.4) is 0 Å². The molecule has 1 aliphatic heterocycles. The number of thiophene rings is 1. The lowest BCUT2D eigenvalue weighted by Gasteiger charge is -2.21. The third-order valence-electron chi connectivity index (χ3n) is 2.68. The molecule has 2 atom stereocenters. The summed E-state index contributed by atoms with van der Waals surface area (Å²) in [4.78, 5) is 25.3. The van der Waals surface area contributed by atoms with Crippen LogP contribution in [0.25, 0.3) is 0 Å². The number of primary amides is 1. The van der Waals surface area contributed by atoms with Gasteiger partial charge in [0.1, 0.15) is 10.9 Å². The van der Waals surface area contributed by atoms with Crippen molar-refractivity contribution >= 4 is 39.1 Å². The van der Waals surface area contributed by atoms with Gasteiger partial charge >= 0.3 is 0 Å². The van der Waals surface area contributed by atoms with Crippen LogP contribution in [0, 0.1) is 0 Å². The molecule has 2 heterocycles. The summed E-state index contributed by atoms with van der Waals surface area (Å²) in [7, 11) is 0. The summed E-state index contributed by atoms with van der Waals surface area (Å²) in [6, 6.07) is 1.05. The van der Waals surface area contributed by atoms with Crippen LogP contribution in [0.15, 0.2) is 15.9 Å². The molecule has 1 fully saturated rings. The Kier molecular flexibility index (Phi) is 3.50. The molecule has 3 N–H and O–H groups in total. The van der Waals surface area contributed by atoms with E-state index >= 15 is 0 Å². The maximum atomic E-state index is 12.2. The lowest BCUT2D eigenvalue weighted by molar-refractivity contribution is -0.121. The number of likely N-dealkylation sites (tertiary alicyclic amines) is 1. The third-order valence-corrected chi connectivity index (χ3v) is 4.51. The molecule has 7 heteroatoms. The molecule has 1 aromatic rings. The molecule has 0 aromatic carbocycles. The molecule has 0 bridgehead atoms. The van der Waals surface area contributed by atoms with Crippen molar-refractivity contribution in [2.24, 2.45) is 5.73 Å². The number of carbonyl (C=O) groups excluding carboxylic acids is 2. The zero-order valence-electron chi connectivity index (χ0n) is 8.80. The first-order valence-corrected chi connectivity index (χ1v) is 6.69. The number of halogens is 1. The van der Waals surface area contributed by atoms with Crippen molar-refractivity contribution in [1.29, 1.82) is 0 Å². The fraction of sp³-hybridized carbons (Fsp3) is 0.400. The second-order valence-electron chi connectivity index (χ2n) is 3.86. The van der Waals surface area contributed by atoms with Crippen LogP contribution in [0.1, 0.15) is 16.1 Å². The summed E-state index contributed by atoms with van der Waals surface area (Å²) >= 11 is 4.56. The minimum absolute atomic E-state index is 0.150. The maximum absolute atomic E-state index is 12.2. The molecule has 17 heavy (non-hydrogen) atoms. The van der Waals surface area contributed by atoms with Crippen LogP contribution in [0.5, 0.6) is 0 Å². The molecular weight excluding hydrogens is 308 g/mol. The number of rotatable bonds is 2. The predicted molar refractivity (Wildman–Crippen MR) is 66.7 cm³/mol. The Balaban J connectivity index is 2.25. The van der Waals surface area contributed by atoms with Crippen LogP contribution in [-0.4, -0.2) is 40.5 Å². The summed E-state index contributed by atoms with van der Waals surface area (Å²) in [5.41, 5.74) is 5.23. The molecule has 1 saturated heterocycles. The molecule has 92 valence electrons. The predicted octanol–water partition coefficient (Wildman–Crippen LogP) is 0.571. The van der Waals surface area contributed by atoms with E-state index in [1.807, 2.05) is 0 Å². The number of hydrogen-bond acceptors (Lipinski definition) is 4. The molecule has 0 spiro atoms. The molecule has 0 radical (unpaired) electrons. The number of β-amino-alcohol motifs (C(OH)–C–C–N with tert-alkyl or cyclic N) is 1. The molecule has 0 aliphatic carbocycles. The van der Waals surface area contributed by atoms with Gasteiger partial charge in [-0.25, -0.2) is 0 Å². The van der Waals surface area contributed by atoms with E-state index in [4.69, 9.17) is 5.73 Å². The van der Waals surface area contributed by atoms with Crippen LogP contribution in [0.4, 0.5) is 0 Å². The van der Waals surface area contributed by atoms with E-state index in [2.05, 4.69) is 15.9 Å². The Bertz CT molecular complexity index is 462. The van der Waals surface area contributed by atoms with Gasteiger partial charge < -0.3 is 15.7 Å². The fourth-order valence-corrected chi connectivity index (χ4v) is 3.38. The highest BCUT2D eigenvalue weighted by molar-refractivity contribution is 9.10. The minimum Gasteiger partial charge on any atom is -0.391 e. The van der Waals surface area contributed by atoms with Gasteiger partial charge in [0.05, 0.1) is 6.10 Å². The van der Waals surface area contributed by atoms with Gasteiger partial charge in [0.25, 0.3) is 5.91 Å². The van der Waals surface area contributed by atoms with E-state index in [-0.39, 0.29) is 18.9 Å². The Hall–Kier alpha value is -0.920. The second kappa shape index (κ2) is 4.75. The molecular formula is C10H11BrN2O3S. The normalized spacial score (nSPS) is 24.0. The number of hydrogen-bond donors (Lipinski definition) is 2. The molecule has 2 rings (SSSR count). The summed E-state index contributed by atoms with van der Waals surface area (Å²) in [5.74, 6) is -0.852. The van der Waals surface area contributed by atoms with E-state index in [1.54, 1.807) is 11.4 Å². The van der Waals surface area contributed by atoms with Crippen molar-refractivity contribution < 1.29 is 14.7 Å². The standard InChI is InChI=1S/C10H11BrN2O3S/c11-6-1-2-17-8(6)10(16)13-4-5(14)3-7(13)9(12)15/h1-2,5,7,14H,3-4H2,(H2,12,15). The molecule has 2 unspecified atom stereocenters. The van der Waals surface area contributed by atoms with Crippen molar-refractivity contribution in [3.05, 3.63) is 20.8 Å². The first-order chi connectivity index (χ1) is 8.00. The number of aliphatic hydroxyl groups excluding tert-OH is 1. The fourth-order valence-electron chi connectivity index (χ4n) is 1.88. The van der Waals surface area contributed by atoms with Gasteiger partial charge in [0.15, 0.2) is 0 Å². The average Bonchev–Trinajstić information content (AvgIpc) is 2.83. The lowest BCUT2D eigenvalue weighted by Crippen LogP contribution is -2.43. The van der Waals surface area contributed by atoms with Gasteiger partial charge in [-0.3, -0.25) is 9.59 Å². The van der Waals surface area contributed by atoms with Crippen molar-refractivity contribution in [2.45, 2.75) is 18.6 Å². The van der Waals surface area contributed by atoms with Gasteiger partial charge in [-0.05, 0) is 27.4 Å². The topological polar surface area (TPSA) is 83.6 Å². The Morgan fingerprint density at radius 3 is 2.82 bits per heavy atom. The van der Waals surface area contributed by atoms with E-state index < -0.39 is 18.1 Å². The monoisotopic (exact) mass is 318 g/mol. The van der Waals surface area contributed by atoms with Crippen LogP contribution >= 0.6 is 27.3 Å². The van der Waals surface area contributed by atoms with Gasteiger partial charge in [-0.15, -0.1) is 11.3 Å². The zero-order chi connectivity index (χ0) is 12.6. The highest BCUT2D eigenvalue weighted by Crippen LogP contribution is 2.27. The molecule has 1 aliphatic rings. The Morgan fingerprint density at radius 1 is 1.59 bits per heavy atom. The second-order valence-corrected chi connectivity index (χ2v) is 5.63. The van der Waals surface area contributed by atoms with Crippen LogP contribution in [0.2, 0.25) is 0 Å². The van der Waals surface area contributed by atoms with Crippen molar-refractivity contribution in [1.82, 2.24) is 4.90 Å². The zero-order valence-corrected chi connectivity index (χ0v) is 11.2. The van der Waals surface area contributed by atoms with E-state index in [1.165, 1.54) is 16.2 Å². The molecule has 0 saturated carbocycles. The number of amides is 2.